The van der Waals surface area contributed by atoms with Gasteiger partial charge in [-0.05, 0) is 18.6 Å². The van der Waals surface area contributed by atoms with Crippen LogP contribution in [0.4, 0.5) is 0 Å². The highest BCUT2D eigenvalue weighted by Gasteiger charge is 2.16. The van der Waals surface area contributed by atoms with Gasteiger partial charge in [-0.15, -0.1) is 10.2 Å². The maximum absolute atomic E-state index is 12.3. The molecular formula is C18H18N4O2S2. The number of aromatic nitrogens is 3. The smallest absolute Gasteiger partial charge is 0.233 e. The average molecular weight is 387 g/mol. The summed E-state index contributed by atoms with van der Waals surface area (Å²) in [5, 5.41) is 10.4. The summed E-state index contributed by atoms with van der Waals surface area (Å²) >= 11 is 2.81. The van der Waals surface area contributed by atoms with E-state index in [1.54, 1.807) is 11.7 Å². The van der Waals surface area contributed by atoms with Crippen LogP contribution in [-0.2, 0) is 17.9 Å². The van der Waals surface area contributed by atoms with E-state index in [2.05, 4.69) is 20.5 Å². The summed E-state index contributed by atoms with van der Waals surface area (Å²) in [6.07, 6.45) is 1.68. The molecular weight excluding hydrogens is 368 g/mol. The molecule has 3 aromatic rings. The number of hydrogen-bond acceptors (Lipinski definition) is 7. The lowest BCUT2D eigenvalue weighted by Gasteiger charge is -2.13. The van der Waals surface area contributed by atoms with Crippen molar-refractivity contribution in [2.24, 2.45) is 0 Å². The van der Waals surface area contributed by atoms with Crippen LogP contribution in [-0.4, -0.2) is 26.3 Å². The summed E-state index contributed by atoms with van der Waals surface area (Å²) in [4.78, 5) is 16.6. The molecule has 0 fully saturated rings. The van der Waals surface area contributed by atoms with E-state index in [4.69, 9.17) is 4.74 Å². The van der Waals surface area contributed by atoms with Gasteiger partial charge in [0, 0.05) is 18.3 Å². The van der Waals surface area contributed by atoms with Crippen LogP contribution in [0.5, 0.6) is 5.88 Å². The lowest BCUT2D eigenvalue weighted by Crippen LogP contribution is -2.30. The van der Waals surface area contributed by atoms with Gasteiger partial charge in [-0.1, -0.05) is 59.5 Å². The molecule has 1 amide bonds. The van der Waals surface area contributed by atoms with E-state index in [0.29, 0.717) is 19.0 Å². The SMILES string of the molecule is C[C@@H](Sc1nncs1)C(=O)NCc1cccnc1OCc1ccccc1. The molecule has 0 radical (unpaired) electrons. The van der Waals surface area contributed by atoms with Crippen LogP contribution in [0.15, 0.2) is 58.5 Å². The Morgan fingerprint density at radius 2 is 2.12 bits per heavy atom. The summed E-state index contributed by atoms with van der Waals surface area (Å²) in [7, 11) is 0. The molecule has 1 aromatic carbocycles. The molecule has 134 valence electrons. The molecule has 0 bridgehead atoms. The zero-order chi connectivity index (χ0) is 18.2. The topological polar surface area (TPSA) is 77.0 Å². The molecule has 8 heteroatoms. The maximum Gasteiger partial charge on any atom is 0.233 e. The molecule has 0 spiro atoms. The van der Waals surface area contributed by atoms with Crippen molar-refractivity contribution in [3.63, 3.8) is 0 Å². The standard InChI is InChI=1S/C18H18N4O2S2/c1-13(26-18-22-21-12-25-18)16(23)20-10-15-8-5-9-19-17(15)24-11-14-6-3-2-4-7-14/h2-9,12-13H,10-11H2,1H3,(H,20,23)/t13-/m1/s1. The van der Waals surface area contributed by atoms with Crippen LogP contribution in [0.3, 0.4) is 0 Å². The summed E-state index contributed by atoms with van der Waals surface area (Å²) in [6, 6.07) is 13.6. The highest BCUT2D eigenvalue weighted by atomic mass is 32.2. The molecule has 26 heavy (non-hydrogen) atoms. The van der Waals surface area contributed by atoms with Gasteiger partial charge in [0.1, 0.15) is 12.1 Å². The van der Waals surface area contributed by atoms with Gasteiger partial charge in [0.05, 0.1) is 5.25 Å². The van der Waals surface area contributed by atoms with Gasteiger partial charge in [-0.25, -0.2) is 4.98 Å². The normalized spacial score (nSPS) is 11.7. The third-order valence-corrected chi connectivity index (χ3v) is 5.42. The molecule has 6 nitrogen and oxygen atoms in total. The number of carbonyl (C=O) groups is 1. The molecule has 2 aromatic heterocycles. The Balaban J connectivity index is 1.55. The largest absolute Gasteiger partial charge is 0.473 e. The molecule has 0 aliphatic rings. The highest BCUT2D eigenvalue weighted by Crippen LogP contribution is 2.24. The van der Waals surface area contributed by atoms with Gasteiger partial charge in [0.2, 0.25) is 11.8 Å². The van der Waals surface area contributed by atoms with E-state index >= 15 is 0 Å². The fourth-order valence-corrected chi connectivity index (χ4v) is 3.81. The lowest BCUT2D eigenvalue weighted by molar-refractivity contribution is -0.120. The number of nitrogens with one attached hydrogen (secondary N) is 1. The first-order chi connectivity index (χ1) is 12.7. The first-order valence-corrected chi connectivity index (χ1v) is 9.79. The molecule has 2 heterocycles. The van der Waals surface area contributed by atoms with Crippen molar-refractivity contribution >= 4 is 29.0 Å². The van der Waals surface area contributed by atoms with E-state index in [1.165, 1.54) is 23.1 Å². The van der Waals surface area contributed by atoms with Gasteiger partial charge >= 0.3 is 0 Å². The van der Waals surface area contributed by atoms with Crippen LogP contribution in [0.1, 0.15) is 18.1 Å². The van der Waals surface area contributed by atoms with Crippen molar-refractivity contribution < 1.29 is 9.53 Å². The van der Waals surface area contributed by atoms with E-state index in [-0.39, 0.29) is 11.2 Å². The molecule has 1 atom stereocenters. The highest BCUT2D eigenvalue weighted by molar-refractivity contribution is 8.02. The number of pyridine rings is 1. The maximum atomic E-state index is 12.3. The number of ether oxygens (including phenoxy) is 1. The molecule has 0 saturated carbocycles. The van der Waals surface area contributed by atoms with E-state index in [0.717, 1.165) is 15.5 Å². The molecule has 1 N–H and O–H groups in total. The monoisotopic (exact) mass is 386 g/mol. The Labute approximate surface area is 160 Å². The number of thioether (sulfide) groups is 1. The Kier molecular flexibility index (Phi) is 6.56. The molecule has 0 saturated heterocycles. The fourth-order valence-electron chi connectivity index (χ4n) is 2.16. The zero-order valence-corrected chi connectivity index (χ0v) is 15.8. The predicted octanol–water partition coefficient (Wildman–Crippen LogP) is 3.31. The van der Waals surface area contributed by atoms with Gasteiger partial charge < -0.3 is 10.1 Å². The third kappa shape index (κ3) is 5.27. The van der Waals surface area contributed by atoms with Crippen LogP contribution < -0.4 is 10.1 Å². The number of nitrogens with zero attached hydrogens (tertiary/aromatic N) is 3. The Morgan fingerprint density at radius 1 is 1.27 bits per heavy atom. The average Bonchev–Trinajstić information content (AvgIpc) is 3.19. The minimum atomic E-state index is -0.256. The van der Waals surface area contributed by atoms with Crippen LogP contribution in [0, 0.1) is 0 Å². The number of amides is 1. The Bertz CT molecular complexity index is 828. The summed E-state index contributed by atoms with van der Waals surface area (Å²) < 4.78 is 6.60. The third-order valence-electron chi connectivity index (χ3n) is 3.51. The zero-order valence-electron chi connectivity index (χ0n) is 14.2. The van der Waals surface area contributed by atoms with E-state index < -0.39 is 0 Å². The second kappa shape index (κ2) is 9.30. The van der Waals surface area contributed by atoms with Gasteiger partial charge in [-0.3, -0.25) is 4.79 Å². The van der Waals surface area contributed by atoms with Crippen molar-refractivity contribution in [1.29, 1.82) is 0 Å². The minimum Gasteiger partial charge on any atom is -0.473 e. The number of carbonyl (C=O) groups excluding carboxylic acids is 1. The van der Waals surface area contributed by atoms with Crippen molar-refractivity contribution in [2.45, 2.75) is 29.7 Å². The summed E-state index contributed by atoms with van der Waals surface area (Å²) in [6.45, 7) is 2.64. The summed E-state index contributed by atoms with van der Waals surface area (Å²) in [5.41, 5.74) is 3.55. The van der Waals surface area contributed by atoms with Crippen molar-refractivity contribution in [3.8, 4) is 5.88 Å². The van der Waals surface area contributed by atoms with Gasteiger partial charge in [-0.2, -0.15) is 0 Å². The number of benzene rings is 1. The van der Waals surface area contributed by atoms with Crippen LogP contribution in [0.2, 0.25) is 0 Å². The Morgan fingerprint density at radius 3 is 2.88 bits per heavy atom. The first-order valence-electron chi connectivity index (χ1n) is 8.03. The van der Waals surface area contributed by atoms with Crippen LogP contribution >= 0.6 is 23.1 Å². The van der Waals surface area contributed by atoms with E-state index in [9.17, 15) is 4.79 Å². The fraction of sp³-hybridized carbons (Fsp3) is 0.222. The second-order valence-corrected chi connectivity index (χ2v) is 7.85. The first kappa shape index (κ1) is 18.3. The molecule has 3 rings (SSSR count). The molecule has 0 aliphatic heterocycles. The lowest BCUT2D eigenvalue weighted by atomic mass is 10.2. The van der Waals surface area contributed by atoms with Gasteiger partial charge in [0.15, 0.2) is 4.34 Å². The van der Waals surface area contributed by atoms with Crippen molar-refractivity contribution in [2.75, 3.05) is 0 Å². The number of rotatable bonds is 8. The Hall–Kier alpha value is -2.45. The summed E-state index contributed by atoms with van der Waals surface area (Å²) in [5.74, 6) is 0.462. The van der Waals surface area contributed by atoms with E-state index in [1.807, 2.05) is 49.4 Å². The molecule has 0 unspecified atom stereocenters. The second-order valence-electron chi connectivity index (χ2n) is 5.42. The molecule has 0 aliphatic carbocycles. The van der Waals surface area contributed by atoms with Crippen molar-refractivity contribution in [3.05, 3.63) is 65.3 Å². The van der Waals surface area contributed by atoms with Gasteiger partial charge in [0.25, 0.3) is 0 Å². The van der Waals surface area contributed by atoms with Crippen LogP contribution in [0.25, 0.3) is 0 Å². The predicted molar refractivity (Wildman–Crippen MR) is 102 cm³/mol. The van der Waals surface area contributed by atoms with Crippen molar-refractivity contribution in [1.82, 2.24) is 20.5 Å². The minimum absolute atomic E-state index is 0.0666. The quantitative estimate of drug-likeness (QED) is 0.599. The number of hydrogen-bond donors (Lipinski definition) is 1.